The van der Waals surface area contributed by atoms with Crippen molar-refractivity contribution in [3.63, 3.8) is 0 Å². The van der Waals surface area contributed by atoms with E-state index in [2.05, 4.69) is 77.7 Å². The summed E-state index contributed by atoms with van der Waals surface area (Å²) in [6.45, 7) is 15.9. The molecule has 1 aromatic carbocycles. The highest BCUT2D eigenvalue weighted by Crippen LogP contribution is 2.12. The third-order valence-corrected chi connectivity index (χ3v) is 4.43. The molecule has 5 nitrogen and oxygen atoms in total. The Labute approximate surface area is 176 Å². The zero-order chi connectivity index (χ0) is 22.0. The molecule has 0 amide bonds. The molecule has 0 saturated carbocycles. The van der Waals surface area contributed by atoms with Crippen LogP contribution in [-0.4, -0.2) is 16.8 Å². The second-order valence-corrected chi connectivity index (χ2v) is 7.37. The molecule has 2 rings (SSSR count). The molecule has 0 spiro atoms. The fourth-order valence-electron chi connectivity index (χ4n) is 2.81. The average molecular weight is 398 g/mol. The van der Waals surface area contributed by atoms with Gasteiger partial charge in [0.15, 0.2) is 0 Å². The van der Waals surface area contributed by atoms with Gasteiger partial charge in [-0.2, -0.15) is 0 Å². The SMILES string of the molecule is CC.CN/C(=C/C(NCc1cn(Cc2cccc(C)c2)[nH]1)=C(C)C)C(N)=C(C)C. The molecule has 2 aromatic rings. The number of benzene rings is 1. The number of nitrogens with one attached hydrogen (secondary N) is 3. The molecule has 29 heavy (non-hydrogen) atoms. The van der Waals surface area contributed by atoms with Crippen LogP contribution < -0.4 is 16.4 Å². The van der Waals surface area contributed by atoms with Crippen molar-refractivity contribution in [2.75, 3.05) is 7.05 Å². The molecule has 0 saturated heterocycles. The minimum Gasteiger partial charge on any atom is -0.397 e. The summed E-state index contributed by atoms with van der Waals surface area (Å²) in [5.41, 5.74) is 15.0. The highest BCUT2D eigenvalue weighted by atomic mass is 15.3. The van der Waals surface area contributed by atoms with E-state index in [0.29, 0.717) is 0 Å². The summed E-state index contributed by atoms with van der Waals surface area (Å²) in [7, 11) is 1.89. The van der Waals surface area contributed by atoms with E-state index in [-0.39, 0.29) is 0 Å². The Morgan fingerprint density at radius 1 is 1.14 bits per heavy atom. The summed E-state index contributed by atoms with van der Waals surface area (Å²) in [5, 5.41) is 10.1. The van der Waals surface area contributed by atoms with Crippen molar-refractivity contribution in [2.45, 2.75) is 61.6 Å². The monoisotopic (exact) mass is 397 g/mol. The van der Waals surface area contributed by atoms with Crippen molar-refractivity contribution in [3.8, 4) is 0 Å². The minimum absolute atomic E-state index is 0.743. The first kappa shape index (κ1) is 24.2. The molecule has 0 bridgehead atoms. The lowest BCUT2D eigenvalue weighted by Crippen LogP contribution is -2.22. The lowest BCUT2D eigenvalue weighted by Gasteiger charge is -2.19. The van der Waals surface area contributed by atoms with Gasteiger partial charge in [0.1, 0.15) is 0 Å². The number of aromatic nitrogens is 2. The summed E-state index contributed by atoms with van der Waals surface area (Å²) in [4.78, 5) is 0. The van der Waals surface area contributed by atoms with Gasteiger partial charge in [-0.3, -0.25) is 9.78 Å². The van der Waals surface area contributed by atoms with Gasteiger partial charge in [0.05, 0.1) is 30.2 Å². The quantitative estimate of drug-likeness (QED) is 0.477. The van der Waals surface area contributed by atoms with Gasteiger partial charge in [-0.1, -0.05) is 54.8 Å². The predicted octanol–water partition coefficient (Wildman–Crippen LogP) is 4.94. The number of allylic oxidation sites excluding steroid dienone is 3. The van der Waals surface area contributed by atoms with Gasteiger partial charge in [-0.15, -0.1) is 0 Å². The summed E-state index contributed by atoms with van der Waals surface area (Å²) in [5.74, 6) is 0. The Morgan fingerprint density at radius 2 is 1.79 bits per heavy atom. The van der Waals surface area contributed by atoms with Crippen molar-refractivity contribution >= 4 is 0 Å². The molecule has 0 aliphatic carbocycles. The molecular formula is C24H39N5. The number of hydrogen-bond acceptors (Lipinski definition) is 3. The Balaban J connectivity index is 0.00000204. The molecule has 160 valence electrons. The molecule has 0 aliphatic heterocycles. The van der Waals surface area contributed by atoms with E-state index in [0.717, 1.165) is 41.4 Å². The lowest BCUT2D eigenvalue weighted by molar-refractivity contribution is 0.573. The van der Waals surface area contributed by atoms with Gasteiger partial charge < -0.3 is 16.4 Å². The van der Waals surface area contributed by atoms with Crippen LogP contribution in [0.25, 0.3) is 0 Å². The third kappa shape index (κ3) is 7.60. The molecule has 1 aromatic heterocycles. The van der Waals surface area contributed by atoms with Crippen LogP contribution in [0.15, 0.2) is 64.8 Å². The van der Waals surface area contributed by atoms with Crippen LogP contribution in [0.1, 0.15) is 58.4 Å². The topological polar surface area (TPSA) is 70.8 Å². The number of nitrogens with two attached hydrogens (primary N) is 1. The van der Waals surface area contributed by atoms with Crippen LogP contribution >= 0.6 is 0 Å². The Bertz CT molecular complexity index is 841. The first-order valence-corrected chi connectivity index (χ1v) is 10.3. The second kappa shape index (κ2) is 11.9. The van der Waals surface area contributed by atoms with Crippen LogP contribution in [-0.2, 0) is 13.1 Å². The highest BCUT2D eigenvalue weighted by molar-refractivity contribution is 5.37. The Morgan fingerprint density at radius 3 is 2.31 bits per heavy atom. The maximum Gasteiger partial charge on any atom is 0.0685 e. The van der Waals surface area contributed by atoms with Crippen LogP contribution in [0, 0.1) is 6.92 Å². The minimum atomic E-state index is 0.743. The Hall–Kier alpha value is -2.82. The number of nitrogens with zero attached hydrogens (tertiary/aromatic N) is 1. The van der Waals surface area contributed by atoms with Gasteiger partial charge in [0.2, 0.25) is 0 Å². The maximum absolute atomic E-state index is 6.18. The molecule has 5 heteroatoms. The largest absolute Gasteiger partial charge is 0.397 e. The smallest absolute Gasteiger partial charge is 0.0685 e. The number of likely N-dealkylation sites (N-methyl/N-ethyl adjacent to an activating group) is 1. The highest BCUT2D eigenvalue weighted by Gasteiger charge is 2.06. The third-order valence-electron chi connectivity index (χ3n) is 4.43. The molecule has 0 unspecified atom stereocenters. The normalized spacial score (nSPS) is 10.7. The van der Waals surface area contributed by atoms with Crippen LogP contribution in [0.5, 0.6) is 0 Å². The number of hydrogen-bond donors (Lipinski definition) is 4. The number of rotatable bonds is 8. The van der Waals surface area contributed by atoms with Crippen molar-refractivity contribution < 1.29 is 0 Å². The first-order valence-electron chi connectivity index (χ1n) is 10.3. The van der Waals surface area contributed by atoms with Gasteiger partial charge in [-0.25, -0.2) is 0 Å². The van der Waals surface area contributed by atoms with E-state index in [4.69, 9.17) is 5.73 Å². The zero-order valence-corrected chi connectivity index (χ0v) is 19.4. The van der Waals surface area contributed by atoms with Crippen molar-refractivity contribution in [1.82, 2.24) is 20.4 Å². The summed E-state index contributed by atoms with van der Waals surface area (Å²) < 4.78 is 2.10. The van der Waals surface area contributed by atoms with Gasteiger partial charge in [0, 0.05) is 18.9 Å². The van der Waals surface area contributed by atoms with Crippen LogP contribution in [0.4, 0.5) is 0 Å². The molecule has 5 N–H and O–H groups in total. The predicted molar refractivity (Wildman–Crippen MR) is 125 cm³/mol. The number of aryl methyl sites for hydroxylation is 1. The van der Waals surface area contributed by atoms with Gasteiger partial charge >= 0.3 is 0 Å². The second-order valence-electron chi connectivity index (χ2n) is 7.37. The fourth-order valence-corrected chi connectivity index (χ4v) is 2.81. The first-order chi connectivity index (χ1) is 13.8. The molecule has 1 heterocycles. The summed E-state index contributed by atoms with van der Waals surface area (Å²) in [6.07, 6.45) is 4.21. The van der Waals surface area contributed by atoms with E-state index < -0.39 is 0 Å². The number of H-pyrrole nitrogens is 1. The van der Waals surface area contributed by atoms with E-state index in [9.17, 15) is 0 Å². The van der Waals surface area contributed by atoms with Crippen LogP contribution in [0.3, 0.4) is 0 Å². The van der Waals surface area contributed by atoms with E-state index in [1.165, 1.54) is 16.7 Å². The molecule has 0 aliphatic rings. The Kier molecular flexibility index (Phi) is 9.93. The summed E-state index contributed by atoms with van der Waals surface area (Å²) in [6, 6.07) is 8.58. The molecule has 0 atom stereocenters. The van der Waals surface area contributed by atoms with Crippen molar-refractivity contribution in [1.29, 1.82) is 0 Å². The van der Waals surface area contributed by atoms with E-state index >= 15 is 0 Å². The zero-order valence-electron chi connectivity index (χ0n) is 19.4. The molecule has 0 fully saturated rings. The maximum atomic E-state index is 6.18. The van der Waals surface area contributed by atoms with E-state index in [1.807, 2.05) is 34.7 Å². The number of aromatic amines is 1. The van der Waals surface area contributed by atoms with Crippen molar-refractivity contribution in [2.24, 2.45) is 5.73 Å². The van der Waals surface area contributed by atoms with Crippen molar-refractivity contribution in [3.05, 3.63) is 81.6 Å². The molecule has 0 radical (unpaired) electrons. The average Bonchev–Trinajstić information content (AvgIpc) is 2.66. The van der Waals surface area contributed by atoms with E-state index in [1.54, 1.807) is 0 Å². The molecular weight excluding hydrogens is 358 g/mol. The van der Waals surface area contributed by atoms with Gasteiger partial charge in [-0.05, 0) is 46.3 Å². The summed E-state index contributed by atoms with van der Waals surface area (Å²) >= 11 is 0. The fraction of sp³-hybridized carbons (Fsp3) is 0.417. The van der Waals surface area contributed by atoms with Gasteiger partial charge in [0.25, 0.3) is 0 Å². The lowest BCUT2D eigenvalue weighted by atomic mass is 10.1. The standard InChI is InChI=1S/C22H33N5.C2H6/c1-15(2)20(11-21(24-6)22(23)16(3)4)25-12-19-14-27(26-19)13-18-9-7-8-17(5)10-18;1-2/h7-11,14,24-26H,12-13,23H2,1-6H3;1-2H3/b21-11+;. The van der Waals surface area contributed by atoms with Crippen LogP contribution in [0.2, 0.25) is 0 Å².